The molecule has 0 bridgehead atoms. The van der Waals surface area contributed by atoms with Crippen LogP contribution < -0.4 is 10.1 Å². The number of amides is 1. The molecule has 6 nitrogen and oxygen atoms in total. The highest BCUT2D eigenvalue weighted by Crippen LogP contribution is 2.22. The number of carbonyl (C=O) groups excluding carboxylic acids is 1. The van der Waals surface area contributed by atoms with E-state index in [2.05, 4.69) is 5.32 Å². The maximum atomic E-state index is 12.0. The van der Waals surface area contributed by atoms with Crippen molar-refractivity contribution in [2.45, 2.75) is 6.10 Å². The molecule has 1 heterocycles. The van der Waals surface area contributed by atoms with E-state index in [0.29, 0.717) is 32.1 Å². The van der Waals surface area contributed by atoms with Gasteiger partial charge in [0.1, 0.15) is 11.5 Å². The van der Waals surface area contributed by atoms with E-state index < -0.39 is 0 Å². The fraction of sp³-hybridized carbons (Fsp3) is 0.462. The van der Waals surface area contributed by atoms with E-state index in [9.17, 15) is 9.90 Å². The maximum absolute atomic E-state index is 12.0. The van der Waals surface area contributed by atoms with Crippen LogP contribution in [0.4, 0.5) is 0 Å². The Labute approximate surface area is 111 Å². The molecule has 0 aromatic heterocycles. The monoisotopic (exact) mass is 267 g/mol. The van der Waals surface area contributed by atoms with Crippen molar-refractivity contribution >= 4 is 5.91 Å². The van der Waals surface area contributed by atoms with Crippen LogP contribution in [0.3, 0.4) is 0 Å². The van der Waals surface area contributed by atoms with E-state index in [1.807, 2.05) is 0 Å². The predicted molar refractivity (Wildman–Crippen MR) is 67.6 cm³/mol. The molecule has 0 saturated carbocycles. The molecule has 19 heavy (non-hydrogen) atoms. The van der Waals surface area contributed by atoms with Crippen LogP contribution in [-0.4, -0.2) is 50.6 Å². The predicted octanol–water partition coefficient (Wildman–Crippen LogP) is 0.546. The molecule has 104 valence electrons. The van der Waals surface area contributed by atoms with E-state index in [1.54, 1.807) is 6.07 Å². The molecule has 1 aliphatic heterocycles. The van der Waals surface area contributed by atoms with Crippen LogP contribution in [0.25, 0.3) is 0 Å². The molecule has 2 N–H and O–H groups in total. The molecule has 1 saturated heterocycles. The zero-order chi connectivity index (χ0) is 13.7. The lowest BCUT2D eigenvalue weighted by Gasteiger charge is -2.23. The second-order valence-corrected chi connectivity index (χ2v) is 4.16. The molecule has 1 atom stereocenters. The molecular formula is C13H17NO5. The second kappa shape index (κ2) is 6.40. The van der Waals surface area contributed by atoms with Crippen LogP contribution in [0.15, 0.2) is 18.2 Å². The summed E-state index contributed by atoms with van der Waals surface area (Å²) in [4.78, 5) is 12.0. The fourth-order valence-corrected chi connectivity index (χ4v) is 1.78. The van der Waals surface area contributed by atoms with Crippen LogP contribution in [0.2, 0.25) is 0 Å². The van der Waals surface area contributed by atoms with Gasteiger partial charge in [0.15, 0.2) is 0 Å². The van der Waals surface area contributed by atoms with Gasteiger partial charge in [0.05, 0.1) is 38.6 Å². The third kappa shape index (κ3) is 3.59. The molecule has 1 fully saturated rings. The van der Waals surface area contributed by atoms with Gasteiger partial charge in [-0.2, -0.15) is 0 Å². The van der Waals surface area contributed by atoms with Crippen LogP contribution in [0, 0.1) is 0 Å². The van der Waals surface area contributed by atoms with Crippen LogP contribution in [-0.2, 0) is 9.47 Å². The molecular weight excluding hydrogens is 250 g/mol. The molecule has 1 aliphatic rings. The van der Waals surface area contributed by atoms with E-state index in [-0.39, 0.29) is 23.3 Å². The third-order valence-corrected chi connectivity index (χ3v) is 2.82. The number of aromatic hydroxyl groups is 1. The number of rotatable bonds is 4. The van der Waals surface area contributed by atoms with Gasteiger partial charge in [-0.1, -0.05) is 0 Å². The lowest BCUT2D eigenvalue weighted by atomic mass is 10.1. The first-order chi connectivity index (χ1) is 9.20. The van der Waals surface area contributed by atoms with Crippen molar-refractivity contribution in [3.05, 3.63) is 23.8 Å². The topological polar surface area (TPSA) is 77.0 Å². The van der Waals surface area contributed by atoms with E-state index in [1.165, 1.54) is 19.2 Å². The highest BCUT2D eigenvalue weighted by molar-refractivity contribution is 5.97. The zero-order valence-corrected chi connectivity index (χ0v) is 10.7. The molecule has 0 aliphatic carbocycles. The molecule has 1 amide bonds. The minimum atomic E-state index is -0.370. The third-order valence-electron chi connectivity index (χ3n) is 2.82. The largest absolute Gasteiger partial charge is 0.507 e. The number of benzene rings is 1. The Morgan fingerprint density at radius 1 is 1.53 bits per heavy atom. The number of nitrogens with one attached hydrogen (secondary N) is 1. The van der Waals surface area contributed by atoms with Gasteiger partial charge < -0.3 is 24.6 Å². The van der Waals surface area contributed by atoms with Crippen molar-refractivity contribution in [1.29, 1.82) is 0 Å². The summed E-state index contributed by atoms with van der Waals surface area (Å²) in [6.45, 7) is 1.92. The van der Waals surface area contributed by atoms with E-state index >= 15 is 0 Å². The molecule has 6 heteroatoms. The second-order valence-electron chi connectivity index (χ2n) is 4.16. The zero-order valence-electron chi connectivity index (χ0n) is 10.7. The lowest BCUT2D eigenvalue weighted by Crippen LogP contribution is -2.39. The van der Waals surface area contributed by atoms with Gasteiger partial charge in [-0.15, -0.1) is 0 Å². The summed E-state index contributed by atoms with van der Waals surface area (Å²) < 4.78 is 15.7. The normalized spacial score (nSPS) is 18.9. The summed E-state index contributed by atoms with van der Waals surface area (Å²) in [5, 5.41) is 12.4. The first-order valence-electron chi connectivity index (χ1n) is 6.05. The van der Waals surface area contributed by atoms with Crippen molar-refractivity contribution in [2.24, 2.45) is 0 Å². The highest BCUT2D eigenvalue weighted by atomic mass is 16.6. The number of ether oxygens (including phenoxy) is 3. The lowest BCUT2D eigenvalue weighted by molar-refractivity contribution is -0.0855. The first-order valence-corrected chi connectivity index (χ1v) is 6.05. The molecule has 2 rings (SSSR count). The molecule has 1 aromatic rings. The van der Waals surface area contributed by atoms with Crippen molar-refractivity contribution in [2.75, 3.05) is 33.5 Å². The van der Waals surface area contributed by atoms with Crippen LogP contribution >= 0.6 is 0 Å². The summed E-state index contributed by atoms with van der Waals surface area (Å²) in [6.07, 6.45) is -0.148. The minimum absolute atomic E-state index is 0.0842. The molecule has 0 radical (unpaired) electrons. The van der Waals surface area contributed by atoms with Gasteiger partial charge in [-0.3, -0.25) is 4.79 Å². The summed E-state index contributed by atoms with van der Waals surface area (Å²) in [5.74, 6) is 0.0601. The Hall–Kier alpha value is -1.79. The van der Waals surface area contributed by atoms with E-state index in [4.69, 9.17) is 14.2 Å². The van der Waals surface area contributed by atoms with Gasteiger partial charge in [0.25, 0.3) is 5.91 Å². The van der Waals surface area contributed by atoms with E-state index in [0.717, 1.165) is 0 Å². The standard InChI is InChI=1S/C13H17NO5/c1-17-9-2-3-12(15)11(6-9)13(16)14-7-10-8-18-4-5-19-10/h2-3,6,10,15H,4-5,7-8H2,1H3,(H,14,16). The van der Waals surface area contributed by atoms with Gasteiger partial charge in [0, 0.05) is 6.54 Å². The average molecular weight is 267 g/mol. The van der Waals surface area contributed by atoms with Crippen molar-refractivity contribution in [3.8, 4) is 11.5 Å². The fourth-order valence-electron chi connectivity index (χ4n) is 1.78. The number of hydrogen-bond donors (Lipinski definition) is 2. The van der Waals surface area contributed by atoms with Crippen LogP contribution in [0.1, 0.15) is 10.4 Å². The molecule has 0 spiro atoms. The maximum Gasteiger partial charge on any atom is 0.255 e. The highest BCUT2D eigenvalue weighted by Gasteiger charge is 2.17. The summed E-state index contributed by atoms with van der Waals surface area (Å²) in [7, 11) is 1.50. The summed E-state index contributed by atoms with van der Waals surface area (Å²) in [5.41, 5.74) is 0.177. The molecule has 1 unspecified atom stereocenters. The Bertz CT molecular complexity index is 443. The number of phenols is 1. The molecule has 1 aromatic carbocycles. The average Bonchev–Trinajstić information content (AvgIpc) is 2.46. The summed E-state index contributed by atoms with van der Waals surface area (Å²) in [6, 6.07) is 4.50. The Morgan fingerprint density at radius 3 is 3.05 bits per heavy atom. The van der Waals surface area contributed by atoms with Gasteiger partial charge in [-0.25, -0.2) is 0 Å². The number of carbonyl (C=O) groups is 1. The summed E-state index contributed by atoms with van der Waals surface area (Å²) >= 11 is 0. The first kappa shape index (κ1) is 13.6. The van der Waals surface area contributed by atoms with Gasteiger partial charge in [-0.05, 0) is 18.2 Å². The smallest absolute Gasteiger partial charge is 0.255 e. The van der Waals surface area contributed by atoms with Crippen LogP contribution in [0.5, 0.6) is 11.5 Å². The number of hydrogen-bond acceptors (Lipinski definition) is 5. The number of phenolic OH excluding ortho intramolecular Hbond substituents is 1. The van der Waals surface area contributed by atoms with Crippen molar-refractivity contribution in [1.82, 2.24) is 5.32 Å². The number of methoxy groups -OCH3 is 1. The van der Waals surface area contributed by atoms with Crippen molar-refractivity contribution < 1.29 is 24.1 Å². The quantitative estimate of drug-likeness (QED) is 0.833. The SMILES string of the molecule is COc1ccc(O)c(C(=O)NCC2COCCO2)c1. The minimum Gasteiger partial charge on any atom is -0.507 e. The Morgan fingerprint density at radius 2 is 2.37 bits per heavy atom. The van der Waals surface area contributed by atoms with Gasteiger partial charge in [0.2, 0.25) is 0 Å². The Kier molecular flexibility index (Phi) is 4.59. The Balaban J connectivity index is 1.95. The van der Waals surface area contributed by atoms with Crippen molar-refractivity contribution in [3.63, 3.8) is 0 Å². The van der Waals surface area contributed by atoms with Gasteiger partial charge >= 0.3 is 0 Å².